The number of hydrogen-bond acceptors (Lipinski definition) is 3. The Balaban J connectivity index is 2.56. The van der Waals surface area contributed by atoms with Crippen LogP contribution in [0.4, 0.5) is 4.39 Å². The van der Waals surface area contributed by atoms with Gasteiger partial charge in [0.15, 0.2) is 5.78 Å². The molecule has 0 heterocycles. The van der Waals surface area contributed by atoms with Crippen LogP contribution in [-0.2, 0) is 4.74 Å². The van der Waals surface area contributed by atoms with E-state index in [2.05, 4.69) is 0 Å². The standard InChI is InChI=1S/C12H16FNO2/c1-14(7-8-16-2)9-12(15)10-5-3-4-6-11(10)13/h3-6H,7-9H2,1-2H3. The van der Waals surface area contributed by atoms with Gasteiger partial charge in [-0.1, -0.05) is 12.1 Å². The van der Waals surface area contributed by atoms with E-state index in [-0.39, 0.29) is 17.9 Å². The fourth-order valence-electron chi connectivity index (χ4n) is 1.34. The second-order valence-electron chi connectivity index (χ2n) is 3.63. The topological polar surface area (TPSA) is 29.5 Å². The summed E-state index contributed by atoms with van der Waals surface area (Å²) >= 11 is 0. The number of ketones is 1. The molecule has 1 aromatic rings. The lowest BCUT2D eigenvalue weighted by molar-refractivity contribution is 0.0919. The number of benzene rings is 1. The monoisotopic (exact) mass is 225 g/mol. The molecule has 0 aromatic heterocycles. The van der Waals surface area contributed by atoms with Gasteiger partial charge in [0.1, 0.15) is 5.82 Å². The van der Waals surface area contributed by atoms with E-state index in [1.54, 1.807) is 31.2 Å². The number of rotatable bonds is 6. The van der Waals surface area contributed by atoms with Crippen molar-refractivity contribution in [1.29, 1.82) is 0 Å². The van der Waals surface area contributed by atoms with E-state index in [0.717, 1.165) is 0 Å². The highest BCUT2D eigenvalue weighted by Gasteiger charge is 2.12. The Morgan fingerprint density at radius 2 is 2.12 bits per heavy atom. The minimum atomic E-state index is -0.465. The number of ether oxygens (including phenoxy) is 1. The molecule has 4 heteroatoms. The molecule has 0 aliphatic carbocycles. The molecule has 0 unspecified atom stereocenters. The van der Waals surface area contributed by atoms with Crippen LogP contribution in [0.2, 0.25) is 0 Å². The van der Waals surface area contributed by atoms with E-state index in [0.29, 0.717) is 13.2 Å². The zero-order valence-electron chi connectivity index (χ0n) is 9.57. The first-order valence-corrected chi connectivity index (χ1v) is 5.10. The van der Waals surface area contributed by atoms with Gasteiger partial charge in [0, 0.05) is 13.7 Å². The van der Waals surface area contributed by atoms with Crippen molar-refractivity contribution in [2.45, 2.75) is 0 Å². The number of carbonyl (C=O) groups is 1. The smallest absolute Gasteiger partial charge is 0.179 e. The predicted molar refractivity (Wildman–Crippen MR) is 60.1 cm³/mol. The molecule has 16 heavy (non-hydrogen) atoms. The van der Waals surface area contributed by atoms with E-state index in [1.807, 2.05) is 0 Å². The lowest BCUT2D eigenvalue weighted by Crippen LogP contribution is -2.29. The molecule has 1 aromatic carbocycles. The molecule has 0 atom stereocenters. The molecule has 0 saturated carbocycles. The van der Waals surface area contributed by atoms with Crippen molar-refractivity contribution >= 4 is 5.78 Å². The first-order chi connectivity index (χ1) is 7.65. The van der Waals surface area contributed by atoms with Gasteiger partial charge >= 0.3 is 0 Å². The van der Waals surface area contributed by atoms with Crippen LogP contribution >= 0.6 is 0 Å². The summed E-state index contributed by atoms with van der Waals surface area (Å²) in [5.74, 6) is -0.677. The summed E-state index contributed by atoms with van der Waals surface area (Å²) in [5.41, 5.74) is 0.145. The van der Waals surface area contributed by atoms with E-state index in [9.17, 15) is 9.18 Å². The number of Topliss-reactive ketones (excluding diaryl/α,β-unsaturated/α-hetero) is 1. The van der Waals surface area contributed by atoms with Crippen molar-refractivity contribution in [2.75, 3.05) is 33.9 Å². The lowest BCUT2D eigenvalue weighted by Gasteiger charge is -2.14. The van der Waals surface area contributed by atoms with Crippen LogP contribution in [-0.4, -0.2) is 44.5 Å². The Morgan fingerprint density at radius 1 is 1.44 bits per heavy atom. The third-order valence-electron chi connectivity index (χ3n) is 2.26. The fourth-order valence-corrected chi connectivity index (χ4v) is 1.34. The molecule has 0 fully saturated rings. The average Bonchev–Trinajstić information content (AvgIpc) is 2.26. The number of methoxy groups -OCH3 is 1. The zero-order chi connectivity index (χ0) is 12.0. The Hall–Kier alpha value is -1.26. The second kappa shape index (κ2) is 6.35. The van der Waals surface area contributed by atoms with Crippen LogP contribution in [0.3, 0.4) is 0 Å². The highest BCUT2D eigenvalue weighted by Crippen LogP contribution is 2.07. The molecule has 0 radical (unpaired) electrons. The maximum absolute atomic E-state index is 13.3. The molecule has 3 nitrogen and oxygen atoms in total. The van der Waals surface area contributed by atoms with Gasteiger partial charge in [-0.3, -0.25) is 9.69 Å². The van der Waals surface area contributed by atoms with Gasteiger partial charge in [-0.15, -0.1) is 0 Å². The highest BCUT2D eigenvalue weighted by atomic mass is 19.1. The van der Waals surface area contributed by atoms with Crippen molar-refractivity contribution < 1.29 is 13.9 Å². The Labute approximate surface area is 94.8 Å². The van der Waals surface area contributed by atoms with Crippen LogP contribution in [0.15, 0.2) is 24.3 Å². The molecule has 0 aliphatic heterocycles. The van der Waals surface area contributed by atoms with Crippen LogP contribution in [0.5, 0.6) is 0 Å². The summed E-state index contributed by atoms with van der Waals surface area (Å²) in [7, 11) is 3.41. The molecule has 0 amide bonds. The van der Waals surface area contributed by atoms with Crippen molar-refractivity contribution in [3.63, 3.8) is 0 Å². The third kappa shape index (κ3) is 3.72. The van der Waals surface area contributed by atoms with E-state index in [4.69, 9.17) is 4.74 Å². The van der Waals surface area contributed by atoms with Crippen LogP contribution in [0.25, 0.3) is 0 Å². The molecule has 1 rings (SSSR count). The first-order valence-electron chi connectivity index (χ1n) is 5.10. The molecule has 0 bridgehead atoms. The van der Waals surface area contributed by atoms with Gasteiger partial charge in [-0.2, -0.15) is 0 Å². The Bertz CT molecular complexity index is 355. The summed E-state index contributed by atoms with van der Waals surface area (Å²) in [4.78, 5) is 13.5. The van der Waals surface area contributed by atoms with Gasteiger partial charge in [-0.25, -0.2) is 4.39 Å². The number of hydrogen-bond donors (Lipinski definition) is 0. The van der Waals surface area contributed by atoms with Crippen molar-refractivity contribution in [2.24, 2.45) is 0 Å². The summed E-state index contributed by atoms with van der Waals surface area (Å²) in [5, 5.41) is 0. The summed E-state index contributed by atoms with van der Waals surface area (Å²) < 4.78 is 18.2. The summed E-state index contributed by atoms with van der Waals surface area (Å²) in [6.07, 6.45) is 0. The molecule has 0 N–H and O–H groups in total. The molecule has 88 valence electrons. The molecule has 0 saturated heterocycles. The normalized spacial score (nSPS) is 10.8. The number of nitrogens with zero attached hydrogens (tertiary/aromatic N) is 1. The average molecular weight is 225 g/mol. The molecular weight excluding hydrogens is 209 g/mol. The van der Waals surface area contributed by atoms with E-state index in [1.165, 1.54) is 12.1 Å². The van der Waals surface area contributed by atoms with Crippen LogP contribution < -0.4 is 0 Å². The molecular formula is C12H16FNO2. The largest absolute Gasteiger partial charge is 0.383 e. The predicted octanol–water partition coefficient (Wildman–Crippen LogP) is 1.59. The van der Waals surface area contributed by atoms with Crippen molar-refractivity contribution in [3.8, 4) is 0 Å². The maximum atomic E-state index is 13.3. The lowest BCUT2D eigenvalue weighted by atomic mass is 10.1. The fraction of sp³-hybridized carbons (Fsp3) is 0.417. The quantitative estimate of drug-likeness (QED) is 0.688. The number of carbonyl (C=O) groups excluding carboxylic acids is 1. The Kier molecular flexibility index (Phi) is 5.08. The van der Waals surface area contributed by atoms with Gasteiger partial charge in [0.2, 0.25) is 0 Å². The molecule has 0 aliphatic rings. The van der Waals surface area contributed by atoms with Crippen molar-refractivity contribution in [1.82, 2.24) is 4.90 Å². The van der Waals surface area contributed by atoms with Crippen LogP contribution in [0, 0.1) is 5.82 Å². The van der Waals surface area contributed by atoms with Gasteiger partial charge in [0.05, 0.1) is 18.7 Å². The summed E-state index contributed by atoms with van der Waals surface area (Å²) in [6, 6.07) is 6.02. The van der Waals surface area contributed by atoms with Crippen molar-refractivity contribution in [3.05, 3.63) is 35.6 Å². The zero-order valence-corrected chi connectivity index (χ0v) is 9.57. The Morgan fingerprint density at radius 3 is 2.75 bits per heavy atom. The van der Waals surface area contributed by atoms with Gasteiger partial charge in [-0.05, 0) is 19.2 Å². The first kappa shape index (κ1) is 12.8. The minimum Gasteiger partial charge on any atom is -0.383 e. The SMILES string of the molecule is COCCN(C)CC(=O)c1ccccc1F. The molecule has 0 spiro atoms. The highest BCUT2D eigenvalue weighted by molar-refractivity contribution is 5.97. The third-order valence-corrected chi connectivity index (χ3v) is 2.26. The number of likely N-dealkylation sites (N-methyl/N-ethyl adjacent to an activating group) is 1. The van der Waals surface area contributed by atoms with E-state index >= 15 is 0 Å². The minimum absolute atomic E-state index is 0.145. The van der Waals surface area contributed by atoms with Gasteiger partial charge in [0.25, 0.3) is 0 Å². The van der Waals surface area contributed by atoms with Crippen LogP contribution in [0.1, 0.15) is 10.4 Å². The second-order valence-corrected chi connectivity index (χ2v) is 3.63. The van der Waals surface area contributed by atoms with E-state index < -0.39 is 5.82 Å². The number of halogens is 1. The van der Waals surface area contributed by atoms with Gasteiger partial charge < -0.3 is 4.74 Å². The maximum Gasteiger partial charge on any atom is 0.179 e. The summed E-state index contributed by atoms with van der Waals surface area (Å²) in [6.45, 7) is 1.40.